The van der Waals surface area contributed by atoms with E-state index in [4.69, 9.17) is 10.1 Å². The van der Waals surface area contributed by atoms with Gasteiger partial charge in [-0.2, -0.15) is 5.10 Å². The molecule has 5 heteroatoms. The number of para-hydroxylation sites is 1. The van der Waals surface area contributed by atoms with Crippen LogP contribution in [0.15, 0.2) is 60.0 Å². The molecule has 1 N–H and O–H groups in total. The van der Waals surface area contributed by atoms with Gasteiger partial charge in [-0.3, -0.25) is 9.78 Å². The highest BCUT2D eigenvalue weighted by Crippen LogP contribution is 2.52. The first-order chi connectivity index (χ1) is 14.7. The Morgan fingerprint density at radius 1 is 0.967 bits per heavy atom. The van der Waals surface area contributed by atoms with Gasteiger partial charge in [0.25, 0.3) is 5.91 Å². The second-order valence-corrected chi connectivity index (χ2v) is 9.10. The molecule has 4 aliphatic carbocycles. The predicted molar refractivity (Wildman–Crippen MR) is 117 cm³/mol. The van der Waals surface area contributed by atoms with Gasteiger partial charge in [-0.25, -0.2) is 10.4 Å². The molecule has 4 fully saturated rings. The van der Waals surface area contributed by atoms with E-state index in [9.17, 15) is 4.79 Å². The summed E-state index contributed by atoms with van der Waals surface area (Å²) >= 11 is 0. The fraction of sp³-hybridized carbons (Fsp3) is 0.360. The zero-order valence-corrected chi connectivity index (χ0v) is 16.8. The quantitative estimate of drug-likeness (QED) is 0.644. The Labute approximate surface area is 175 Å². The molecule has 4 bridgehead atoms. The fourth-order valence-electron chi connectivity index (χ4n) is 6.05. The van der Waals surface area contributed by atoms with Crippen LogP contribution in [0.2, 0.25) is 0 Å². The summed E-state index contributed by atoms with van der Waals surface area (Å²) in [4.78, 5) is 22.2. The van der Waals surface area contributed by atoms with Gasteiger partial charge >= 0.3 is 0 Å². The maximum Gasteiger partial charge on any atom is 0.272 e. The lowest BCUT2D eigenvalue weighted by molar-refractivity contribution is 0.0944. The first-order valence-electron chi connectivity index (χ1n) is 10.9. The Bertz CT molecular complexity index is 1120. The Morgan fingerprint density at radius 3 is 2.47 bits per heavy atom. The van der Waals surface area contributed by atoms with Crippen LogP contribution in [-0.4, -0.2) is 21.6 Å². The van der Waals surface area contributed by atoms with Crippen LogP contribution in [0.25, 0.3) is 22.2 Å². The summed E-state index contributed by atoms with van der Waals surface area (Å²) in [5, 5.41) is 5.53. The number of hydrogen-bond acceptors (Lipinski definition) is 4. The molecule has 0 atom stereocenters. The molecule has 5 nitrogen and oxygen atoms in total. The van der Waals surface area contributed by atoms with Crippen LogP contribution < -0.4 is 5.43 Å². The van der Waals surface area contributed by atoms with Crippen LogP contribution in [0, 0.1) is 23.7 Å². The highest BCUT2D eigenvalue weighted by molar-refractivity contribution is 6.07. The van der Waals surface area contributed by atoms with Crippen LogP contribution in [0.4, 0.5) is 0 Å². The average Bonchev–Trinajstić information content (AvgIpc) is 2.78. The van der Waals surface area contributed by atoms with Crippen molar-refractivity contribution >= 4 is 22.5 Å². The molecular weight excluding hydrogens is 372 g/mol. The third kappa shape index (κ3) is 3.00. The molecular formula is C25H24N4O. The average molecular weight is 396 g/mol. The minimum Gasteiger partial charge on any atom is -0.267 e. The van der Waals surface area contributed by atoms with Crippen molar-refractivity contribution in [1.29, 1.82) is 0 Å². The number of nitrogens with one attached hydrogen (secondary N) is 1. The molecule has 0 aliphatic heterocycles. The Morgan fingerprint density at radius 2 is 1.73 bits per heavy atom. The largest absolute Gasteiger partial charge is 0.272 e. The zero-order chi connectivity index (χ0) is 20.1. The zero-order valence-electron chi connectivity index (χ0n) is 16.8. The fourth-order valence-corrected chi connectivity index (χ4v) is 6.05. The number of hydrazone groups is 1. The number of amides is 1. The third-order valence-electron chi connectivity index (χ3n) is 7.18. The summed E-state index contributed by atoms with van der Waals surface area (Å²) in [5.41, 5.74) is 7.18. The summed E-state index contributed by atoms with van der Waals surface area (Å²) < 4.78 is 0. The van der Waals surface area contributed by atoms with E-state index in [1.54, 1.807) is 12.4 Å². The molecule has 0 radical (unpaired) electrons. The number of nitrogens with zero attached hydrogens (tertiary/aromatic N) is 3. The molecule has 7 rings (SSSR count). The first kappa shape index (κ1) is 17.8. The topological polar surface area (TPSA) is 67.2 Å². The number of hydrogen-bond donors (Lipinski definition) is 1. The van der Waals surface area contributed by atoms with Gasteiger partial charge in [-0.1, -0.05) is 18.2 Å². The van der Waals surface area contributed by atoms with Crippen LogP contribution >= 0.6 is 0 Å². The lowest BCUT2D eigenvalue weighted by Gasteiger charge is -2.50. The number of aromatic nitrogens is 2. The number of pyridine rings is 2. The summed E-state index contributed by atoms with van der Waals surface area (Å²) in [5.74, 6) is 2.74. The number of benzene rings is 1. The molecule has 0 unspecified atom stereocenters. The van der Waals surface area contributed by atoms with E-state index in [2.05, 4.69) is 10.4 Å². The summed E-state index contributed by atoms with van der Waals surface area (Å²) in [6.07, 6.45) is 9.94. The van der Waals surface area contributed by atoms with Crippen molar-refractivity contribution in [1.82, 2.24) is 15.4 Å². The Hall–Kier alpha value is -3.08. The van der Waals surface area contributed by atoms with E-state index in [-0.39, 0.29) is 5.91 Å². The van der Waals surface area contributed by atoms with Crippen LogP contribution in [0.1, 0.15) is 42.5 Å². The number of carbonyl (C=O) groups excluding carboxylic acids is 1. The van der Waals surface area contributed by atoms with Crippen LogP contribution in [0.3, 0.4) is 0 Å². The maximum atomic E-state index is 13.2. The molecule has 3 aromatic rings. The van der Waals surface area contributed by atoms with Crippen molar-refractivity contribution in [2.75, 3.05) is 0 Å². The summed E-state index contributed by atoms with van der Waals surface area (Å²) in [7, 11) is 0. The van der Waals surface area contributed by atoms with E-state index in [0.29, 0.717) is 17.4 Å². The van der Waals surface area contributed by atoms with Gasteiger partial charge in [-0.05, 0) is 80.0 Å². The lowest BCUT2D eigenvalue weighted by atomic mass is 9.55. The van der Waals surface area contributed by atoms with Gasteiger partial charge in [0.2, 0.25) is 0 Å². The molecule has 0 saturated heterocycles. The predicted octanol–water partition coefficient (Wildman–Crippen LogP) is 4.84. The minimum atomic E-state index is -0.167. The highest BCUT2D eigenvalue weighted by atomic mass is 16.2. The van der Waals surface area contributed by atoms with Crippen LogP contribution in [-0.2, 0) is 0 Å². The van der Waals surface area contributed by atoms with Gasteiger partial charge < -0.3 is 0 Å². The molecule has 4 aliphatic rings. The molecule has 150 valence electrons. The van der Waals surface area contributed by atoms with Crippen molar-refractivity contribution in [3.05, 3.63) is 60.4 Å². The molecule has 1 amide bonds. The van der Waals surface area contributed by atoms with E-state index >= 15 is 0 Å². The van der Waals surface area contributed by atoms with Gasteiger partial charge in [0, 0.05) is 29.1 Å². The van der Waals surface area contributed by atoms with Crippen molar-refractivity contribution < 1.29 is 4.79 Å². The van der Waals surface area contributed by atoms with Gasteiger partial charge in [0.15, 0.2) is 0 Å². The normalized spacial score (nSPS) is 26.7. The summed E-state index contributed by atoms with van der Waals surface area (Å²) in [6, 6.07) is 13.5. The molecule has 4 saturated carbocycles. The molecule has 0 spiro atoms. The monoisotopic (exact) mass is 396 g/mol. The van der Waals surface area contributed by atoms with E-state index in [1.165, 1.54) is 37.8 Å². The van der Waals surface area contributed by atoms with Gasteiger partial charge in [-0.15, -0.1) is 0 Å². The lowest BCUT2D eigenvalue weighted by Crippen LogP contribution is -2.46. The van der Waals surface area contributed by atoms with Crippen molar-refractivity contribution in [3.63, 3.8) is 0 Å². The number of carbonyl (C=O) groups is 1. The first-order valence-corrected chi connectivity index (χ1v) is 10.9. The smallest absolute Gasteiger partial charge is 0.267 e. The van der Waals surface area contributed by atoms with Gasteiger partial charge in [0.1, 0.15) is 0 Å². The van der Waals surface area contributed by atoms with E-state index in [1.807, 2.05) is 42.5 Å². The minimum absolute atomic E-state index is 0.167. The van der Waals surface area contributed by atoms with E-state index in [0.717, 1.165) is 34.0 Å². The number of rotatable bonds is 3. The molecule has 2 aromatic heterocycles. The van der Waals surface area contributed by atoms with Crippen molar-refractivity contribution in [2.24, 2.45) is 28.8 Å². The third-order valence-corrected chi connectivity index (χ3v) is 7.18. The SMILES string of the molecule is O=C(NN=C1C2CC3CC(C2)CC1C3)c1cc(-c2cccnc2)nc2ccccc12. The van der Waals surface area contributed by atoms with E-state index < -0.39 is 0 Å². The Balaban J connectivity index is 1.34. The van der Waals surface area contributed by atoms with Crippen molar-refractivity contribution in [3.8, 4) is 11.3 Å². The molecule has 30 heavy (non-hydrogen) atoms. The second kappa shape index (κ2) is 7.01. The van der Waals surface area contributed by atoms with Crippen molar-refractivity contribution in [2.45, 2.75) is 32.1 Å². The van der Waals surface area contributed by atoms with Gasteiger partial charge in [0.05, 0.1) is 16.8 Å². The summed E-state index contributed by atoms with van der Waals surface area (Å²) in [6.45, 7) is 0. The second-order valence-electron chi connectivity index (χ2n) is 9.10. The molecule has 1 aromatic carbocycles. The standard InChI is InChI=1S/C25H24N4O/c30-25(29-28-24-18-9-15-8-16(11-18)12-19(24)10-15)21-13-23(17-4-3-7-26-14-17)27-22-6-2-1-5-20(21)22/h1-7,13-16,18-19H,8-12H2,(H,29,30). The number of fused-ring (bicyclic) bond motifs is 1. The van der Waals surface area contributed by atoms with Crippen LogP contribution in [0.5, 0.6) is 0 Å². The Kier molecular flexibility index (Phi) is 4.15. The molecule has 2 heterocycles. The highest BCUT2D eigenvalue weighted by Gasteiger charge is 2.46. The maximum absolute atomic E-state index is 13.2.